The van der Waals surface area contributed by atoms with Gasteiger partial charge in [0.1, 0.15) is 0 Å². The fourth-order valence-corrected chi connectivity index (χ4v) is 0. The first-order chi connectivity index (χ1) is 2.00. The normalized spacial score (nSPS) is 8.43. The molecule has 0 amide bonds. The Balaban J connectivity index is -0.0000000800. The largest absolute Gasteiger partial charge is 2.00 e. The van der Waals surface area contributed by atoms with Crippen LogP contribution in [0.1, 0.15) is 0 Å². The summed E-state index contributed by atoms with van der Waals surface area (Å²) in [6.07, 6.45) is 0. The number of rotatable bonds is 0. The SMILES string of the molecule is O.O=P([O-])([O-])[O-].[Cr+2]. The molecule has 0 saturated heterocycles. The molecule has 0 heterocycles. The van der Waals surface area contributed by atoms with Crippen LogP contribution in [0, 0.1) is 0 Å². The third-order valence-corrected chi connectivity index (χ3v) is 0. The maximum atomic E-state index is 8.55. The van der Waals surface area contributed by atoms with E-state index in [2.05, 4.69) is 0 Å². The Morgan fingerprint density at radius 2 is 1.14 bits per heavy atom. The summed E-state index contributed by atoms with van der Waals surface area (Å²) in [5.41, 5.74) is 0. The standard InChI is InChI=1S/Cr.H3O4P.H2O/c;1-5(2,3)4;/h;(H3,1,2,3,4);1H2/q+2;;/p-3. The van der Waals surface area contributed by atoms with Gasteiger partial charge in [-0.3, -0.25) is 0 Å². The Morgan fingerprint density at radius 3 is 1.14 bits per heavy atom. The monoisotopic (exact) mass is 165 g/mol. The van der Waals surface area contributed by atoms with Gasteiger partial charge in [-0.25, -0.2) is 0 Å². The van der Waals surface area contributed by atoms with Crippen molar-refractivity contribution in [2.75, 3.05) is 0 Å². The Hall–Kier alpha value is 0.602. The zero-order chi connectivity index (χ0) is 4.50. The molecule has 0 aliphatic heterocycles. The minimum Gasteiger partial charge on any atom is -0.822 e. The van der Waals surface area contributed by atoms with Gasteiger partial charge in [0.15, 0.2) is 0 Å². The zero-order valence-electron chi connectivity index (χ0n) is 2.99. The quantitative estimate of drug-likeness (QED) is 0.343. The summed E-state index contributed by atoms with van der Waals surface area (Å²) in [5.74, 6) is 0. The van der Waals surface area contributed by atoms with E-state index >= 15 is 0 Å². The summed E-state index contributed by atoms with van der Waals surface area (Å²) in [7, 11) is -5.39. The van der Waals surface area contributed by atoms with Gasteiger partial charge in [0.05, 0.1) is 0 Å². The molecule has 0 aliphatic carbocycles. The molecule has 0 atom stereocenters. The fraction of sp³-hybridized carbons (Fsp3) is 0. The molecule has 5 nitrogen and oxygen atoms in total. The van der Waals surface area contributed by atoms with Crippen LogP contribution in [0.25, 0.3) is 0 Å². The van der Waals surface area contributed by atoms with Gasteiger partial charge in [0, 0.05) is 0 Å². The van der Waals surface area contributed by atoms with Crippen LogP contribution in [0.15, 0.2) is 0 Å². The molecule has 0 aromatic heterocycles. The molecule has 0 bridgehead atoms. The Kier molecular flexibility index (Phi) is 10.6. The number of hydrogen-bond acceptors (Lipinski definition) is 4. The van der Waals surface area contributed by atoms with Crippen molar-refractivity contribution in [2.24, 2.45) is 0 Å². The van der Waals surface area contributed by atoms with Crippen molar-refractivity contribution in [3.63, 3.8) is 0 Å². The van der Waals surface area contributed by atoms with E-state index in [1.54, 1.807) is 0 Å². The molecule has 0 aliphatic rings. The van der Waals surface area contributed by atoms with E-state index in [1.165, 1.54) is 0 Å². The molecule has 7 heteroatoms. The molecule has 0 aromatic rings. The summed E-state index contributed by atoms with van der Waals surface area (Å²) in [5, 5.41) is 0. The molecule has 44 valence electrons. The van der Waals surface area contributed by atoms with Crippen molar-refractivity contribution in [2.45, 2.75) is 0 Å². The van der Waals surface area contributed by atoms with Crippen LogP contribution in [-0.2, 0) is 21.9 Å². The van der Waals surface area contributed by atoms with Gasteiger partial charge in [-0.05, 0) is 0 Å². The molecule has 0 spiro atoms. The second-order valence-electron chi connectivity index (χ2n) is 0.447. The van der Waals surface area contributed by atoms with Crippen LogP contribution in [0.2, 0.25) is 0 Å². The van der Waals surface area contributed by atoms with Crippen LogP contribution in [0.3, 0.4) is 0 Å². The number of phosphoric acid groups is 1. The van der Waals surface area contributed by atoms with Gasteiger partial charge in [-0.1, -0.05) is 0 Å². The van der Waals surface area contributed by atoms with Crippen LogP contribution in [0.5, 0.6) is 0 Å². The van der Waals surface area contributed by atoms with E-state index in [9.17, 15) is 0 Å². The molecule has 0 aromatic carbocycles. The molecule has 0 saturated carbocycles. The van der Waals surface area contributed by atoms with E-state index in [-0.39, 0.29) is 22.8 Å². The van der Waals surface area contributed by atoms with Crippen LogP contribution in [0.4, 0.5) is 0 Å². The van der Waals surface area contributed by atoms with E-state index < -0.39 is 7.82 Å². The van der Waals surface area contributed by atoms with Crippen molar-refractivity contribution in [1.82, 2.24) is 0 Å². The maximum absolute atomic E-state index is 8.55. The van der Waals surface area contributed by atoms with Gasteiger partial charge in [0.25, 0.3) is 0 Å². The first-order valence-corrected chi connectivity index (χ1v) is 2.19. The molecule has 2 N–H and O–H groups in total. The molecule has 0 unspecified atom stereocenters. The minimum absolute atomic E-state index is 0. The summed E-state index contributed by atoms with van der Waals surface area (Å²) >= 11 is 0. The van der Waals surface area contributed by atoms with Crippen LogP contribution in [-0.4, -0.2) is 5.48 Å². The van der Waals surface area contributed by atoms with Crippen molar-refractivity contribution in [3.8, 4) is 0 Å². The molecule has 7 heavy (non-hydrogen) atoms. The first kappa shape index (κ1) is 15.6. The second kappa shape index (κ2) is 4.75. The average molecular weight is 165 g/mol. The average Bonchev–Trinajstić information content (AvgIpc) is 0.722. The summed E-state index contributed by atoms with van der Waals surface area (Å²) in [6.45, 7) is 0. The van der Waals surface area contributed by atoms with Crippen LogP contribution >= 0.6 is 7.82 Å². The smallest absolute Gasteiger partial charge is 0.822 e. The molecule has 0 rings (SSSR count). The summed E-state index contributed by atoms with van der Waals surface area (Å²) in [4.78, 5) is 25.6. The predicted octanol–water partition coefficient (Wildman–Crippen LogP) is -3.65. The number of hydrogen-bond donors (Lipinski definition) is 0. The van der Waals surface area contributed by atoms with Crippen molar-refractivity contribution in [1.29, 1.82) is 0 Å². The predicted molar refractivity (Wildman–Crippen MR) is 11.2 cm³/mol. The maximum Gasteiger partial charge on any atom is 2.00 e. The van der Waals surface area contributed by atoms with E-state index in [0.29, 0.717) is 0 Å². The van der Waals surface area contributed by atoms with Crippen molar-refractivity contribution >= 4 is 7.82 Å². The Labute approximate surface area is 50.7 Å². The fourth-order valence-electron chi connectivity index (χ4n) is 0. The van der Waals surface area contributed by atoms with Gasteiger partial charge in [-0.2, -0.15) is 7.82 Å². The molecular weight excluding hydrogens is 163 g/mol. The molecule has 0 radical (unpaired) electrons. The summed E-state index contributed by atoms with van der Waals surface area (Å²) < 4.78 is 8.55. The van der Waals surface area contributed by atoms with Gasteiger partial charge < -0.3 is 24.7 Å². The van der Waals surface area contributed by atoms with Gasteiger partial charge in [0.2, 0.25) is 0 Å². The first-order valence-electron chi connectivity index (χ1n) is 0.730. The van der Waals surface area contributed by atoms with Crippen molar-refractivity contribution < 1.29 is 42.1 Å². The van der Waals surface area contributed by atoms with E-state index in [1.807, 2.05) is 0 Å². The minimum atomic E-state index is -5.39. The van der Waals surface area contributed by atoms with Crippen molar-refractivity contribution in [3.05, 3.63) is 0 Å². The van der Waals surface area contributed by atoms with Gasteiger partial charge in [-0.15, -0.1) is 0 Å². The van der Waals surface area contributed by atoms with Gasteiger partial charge >= 0.3 is 17.4 Å². The Morgan fingerprint density at radius 1 is 1.14 bits per heavy atom. The third-order valence-electron chi connectivity index (χ3n) is 0. The summed E-state index contributed by atoms with van der Waals surface area (Å²) in [6, 6.07) is 0. The second-order valence-corrected chi connectivity index (χ2v) is 1.34. The molecule has 0 fully saturated rings. The van der Waals surface area contributed by atoms with E-state index in [4.69, 9.17) is 19.2 Å². The zero-order valence-corrected chi connectivity index (χ0v) is 5.16. The topological polar surface area (TPSA) is 118 Å². The molecular formula is H2CrO5P-. The Bertz CT molecular complexity index is 54.2. The van der Waals surface area contributed by atoms with E-state index in [0.717, 1.165) is 0 Å². The van der Waals surface area contributed by atoms with Crippen LogP contribution < -0.4 is 14.7 Å². The third kappa shape index (κ3) is 385.